The van der Waals surface area contributed by atoms with Gasteiger partial charge in [0, 0.05) is 13.1 Å². The molecule has 12 heteroatoms. The quantitative estimate of drug-likeness (QED) is 0.260. The predicted octanol–water partition coefficient (Wildman–Crippen LogP) is 0.432. The van der Waals surface area contributed by atoms with Crippen LogP contribution >= 0.6 is 0 Å². The maximum atomic E-state index is 13.6. The Morgan fingerprint density at radius 3 is 1.73 bits per heavy atom. The molecule has 1 aromatic rings. The first-order chi connectivity index (χ1) is 18.9. The summed E-state index contributed by atoms with van der Waals surface area (Å²) in [4.78, 5) is 79.0. The van der Waals surface area contributed by atoms with Gasteiger partial charge < -0.3 is 29.9 Å². The highest BCUT2D eigenvalue weighted by Gasteiger charge is 2.48. The van der Waals surface area contributed by atoms with Crippen LogP contribution in [0.4, 0.5) is 0 Å². The molecule has 0 radical (unpaired) electrons. The number of ether oxygens (including phenoxy) is 2. The van der Waals surface area contributed by atoms with Gasteiger partial charge in [-0.1, -0.05) is 51.1 Å². The second-order valence-corrected chi connectivity index (χ2v) is 10.8. The Labute approximate surface area is 234 Å². The Morgan fingerprint density at radius 1 is 0.800 bits per heavy atom. The van der Waals surface area contributed by atoms with Crippen molar-refractivity contribution in [2.24, 2.45) is 5.41 Å². The number of rotatable bonds is 13. The van der Waals surface area contributed by atoms with Crippen LogP contribution in [-0.4, -0.2) is 97.8 Å². The Morgan fingerprint density at radius 2 is 1.27 bits per heavy atom. The number of piperazine rings is 1. The summed E-state index contributed by atoms with van der Waals surface area (Å²) in [6, 6.07) is 6.95. The summed E-state index contributed by atoms with van der Waals surface area (Å²) in [7, 11) is 2.28. The maximum Gasteiger partial charge on any atom is 0.308 e. The Bertz CT molecular complexity index is 1070. The summed E-state index contributed by atoms with van der Waals surface area (Å²) in [5, 5.41) is 5.45. The van der Waals surface area contributed by atoms with Gasteiger partial charge in [-0.2, -0.15) is 0 Å². The third-order valence-corrected chi connectivity index (χ3v) is 6.32. The molecular weight excluding hydrogens is 520 g/mol. The van der Waals surface area contributed by atoms with E-state index in [1.54, 1.807) is 0 Å². The van der Waals surface area contributed by atoms with Gasteiger partial charge >= 0.3 is 11.9 Å². The van der Waals surface area contributed by atoms with E-state index in [-0.39, 0.29) is 5.41 Å². The van der Waals surface area contributed by atoms with Gasteiger partial charge in [-0.15, -0.1) is 0 Å². The topological polar surface area (TPSA) is 151 Å². The standard InChI is InChI=1S/C28H40N4O8/c1-28(2,3)18-30-23(34)17-32-21(15-25(36)40-5)26(37)31(20(27(32)38)14-24(35)39-4)16-22(33)29-13-9-12-19-10-7-6-8-11-19/h6-8,10-11,20-21H,9,12-18H2,1-5H3,(H,29,33)(H,30,34)/t20-,21-/m0/s1. The van der Waals surface area contributed by atoms with Crippen LogP contribution in [0.15, 0.2) is 30.3 Å². The van der Waals surface area contributed by atoms with Crippen LogP contribution in [0.3, 0.4) is 0 Å². The van der Waals surface area contributed by atoms with Gasteiger partial charge in [-0.05, 0) is 23.8 Å². The largest absolute Gasteiger partial charge is 0.469 e. The van der Waals surface area contributed by atoms with Crippen LogP contribution in [0, 0.1) is 5.41 Å². The molecule has 1 heterocycles. The van der Waals surface area contributed by atoms with Crippen molar-refractivity contribution < 1.29 is 38.2 Å². The number of aryl methyl sites for hydroxylation is 1. The van der Waals surface area contributed by atoms with Crippen molar-refractivity contribution in [3.8, 4) is 0 Å². The zero-order chi connectivity index (χ0) is 29.9. The molecule has 0 spiro atoms. The van der Waals surface area contributed by atoms with Crippen molar-refractivity contribution in [1.82, 2.24) is 20.4 Å². The Kier molecular flexibility index (Phi) is 12.1. The molecule has 2 rings (SSSR count). The SMILES string of the molecule is COC(=O)C[C@H]1C(=O)N(CC(=O)NCC(C)(C)C)[C@@H](CC(=O)OC)C(=O)N1CC(=O)NCCCc1ccccc1. The fourth-order valence-corrected chi connectivity index (χ4v) is 4.16. The number of nitrogens with zero attached hydrogens (tertiary/aromatic N) is 2. The normalized spacial score (nSPS) is 17.3. The number of esters is 2. The highest BCUT2D eigenvalue weighted by molar-refractivity contribution is 6.03. The molecule has 2 N–H and O–H groups in total. The van der Waals surface area contributed by atoms with E-state index in [1.807, 2.05) is 51.1 Å². The van der Waals surface area contributed by atoms with E-state index in [1.165, 1.54) is 0 Å². The number of benzene rings is 1. The average Bonchev–Trinajstić information content (AvgIpc) is 2.92. The van der Waals surface area contributed by atoms with Crippen LogP contribution in [0.1, 0.15) is 45.6 Å². The molecule has 1 fully saturated rings. The number of amides is 4. The van der Waals surface area contributed by atoms with Crippen LogP contribution in [-0.2, 0) is 44.7 Å². The van der Waals surface area contributed by atoms with Gasteiger partial charge in [0.2, 0.25) is 23.6 Å². The number of carbonyl (C=O) groups excluding carboxylic acids is 6. The number of nitrogens with one attached hydrogen (secondary N) is 2. The summed E-state index contributed by atoms with van der Waals surface area (Å²) >= 11 is 0. The van der Waals surface area contributed by atoms with E-state index in [4.69, 9.17) is 9.47 Å². The molecule has 1 aliphatic rings. The van der Waals surface area contributed by atoms with Crippen molar-refractivity contribution in [3.63, 3.8) is 0 Å². The summed E-state index contributed by atoms with van der Waals surface area (Å²) < 4.78 is 9.42. The van der Waals surface area contributed by atoms with E-state index in [0.717, 1.165) is 36.0 Å². The molecule has 1 aromatic carbocycles. The van der Waals surface area contributed by atoms with E-state index >= 15 is 0 Å². The van der Waals surface area contributed by atoms with Crippen LogP contribution < -0.4 is 10.6 Å². The molecule has 2 atom stereocenters. The lowest BCUT2D eigenvalue weighted by Gasteiger charge is -2.44. The molecule has 0 bridgehead atoms. The second-order valence-electron chi connectivity index (χ2n) is 10.8. The van der Waals surface area contributed by atoms with E-state index in [9.17, 15) is 28.8 Å². The number of hydrogen-bond donors (Lipinski definition) is 2. The third kappa shape index (κ3) is 9.97. The molecule has 1 aliphatic heterocycles. The smallest absolute Gasteiger partial charge is 0.308 e. The minimum atomic E-state index is -1.39. The van der Waals surface area contributed by atoms with E-state index in [2.05, 4.69) is 10.6 Å². The van der Waals surface area contributed by atoms with Crippen LogP contribution in [0.2, 0.25) is 0 Å². The number of carbonyl (C=O) groups is 6. The molecular formula is C28H40N4O8. The fourth-order valence-electron chi connectivity index (χ4n) is 4.16. The molecule has 0 saturated carbocycles. The minimum Gasteiger partial charge on any atom is -0.469 e. The van der Waals surface area contributed by atoms with Gasteiger partial charge in [-0.3, -0.25) is 28.8 Å². The third-order valence-electron chi connectivity index (χ3n) is 6.32. The van der Waals surface area contributed by atoms with Gasteiger partial charge in [0.05, 0.1) is 27.1 Å². The molecule has 0 unspecified atom stereocenters. The maximum absolute atomic E-state index is 13.6. The first-order valence-electron chi connectivity index (χ1n) is 13.2. The summed E-state index contributed by atoms with van der Waals surface area (Å²) in [6.45, 7) is 5.36. The molecule has 12 nitrogen and oxygen atoms in total. The molecule has 0 aromatic heterocycles. The van der Waals surface area contributed by atoms with Crippen molar-refractivity contribution in [1.29, 1.82) is 0 Å². The van der Waals surface area contributed by atoms with Crippen LogP contribution in [0.5, 0.6) is 0 Å². The van der Waals surface area contributed by atoms with Gasteiger partial charge in [0.1, 0.15) is 25.2 Å². The van der Waals surface area contributed by atoms with Gasteiger partial charge in [0.25, 0.3) is 0 Å². The van der Waals surface area contributed by atoms with Crippen molar-refractivity contribution in [3.05, 3.63) is 35.9 Å². The molecule has 0 aliphatic carbocycles. The average molecular weight is 561 g/mol. The Hall–Kier alpha value is -3.96. The van der Waals surface area contributed by atoms with Gasteiger partial charge in [0.15, 0.2) is 0 Å². The van der Waals surface area contributed by atoms with Crippen molar-refractivity contribution in [2.75, 3.05) is 40.4 Å². The molecule has 40 heavy (non-hydrogen) atoms. The first kappa shape index (κ1) is 32.3. The van der Waals surface area contributed by atoms with Crippen LogP contribution in [0.25, 0.3) is 0 Å². The van der Waals surface area contributed by atoms with Crippen molar-refractivity contribution >= 4 is 35.6 Å². The highest BCUT2D eigenvalue weighted by Crippen LogP contribution is 2.23. The zero-order valence-electron chi connectivity index (χ0n) is 23.9. The number of methoxy groups -OCH3 is 2. The fraction of sp³-hybridized carbons (Fsp3) is 0.571. The monoisotopic (exact) mass is 560 g/mol. The lowest BCUT2D eigenvalue weighted by Crippen LogP contribution is -2.67. The number of hydrogen-bond acceptors (Lipinski definition) is 8. The lowest BCUT2D eigenvalue weighted by atomic mass is 9.97. The van der Waals surface area contributed by atoms with E-state index in [0.29, 0.717) is 19.5 Å². The molecule has 220 valence electrons. The Balaban J connectivity index is 2.21. The summed E-state index contributed by atoms with van der Waals surface area (Å²) in [5.74, 6) is -4.11. The predicted molar refractivity (Wildman–Crippen MR) is 145 cm³/mol. The summed E-state index contributed by atoms with van der Waals surface area (Å²) in [5.41, 5.74) is 0.880. The highest BCUT2D eigenvalue weighted by atomic mass is 16.5. The summed E-state index contributed by atoms with van der Waals surface area (Å²) in [6.07, 6.45) is 0.346. The molecule has 1 saturated heterocycles. The zero-order valence-corrected chi connectivity index (χ0v) is 23.9. The lowest BCUT2D eigenvalue weighted by molar-refractivity contribution is -0.169. The van der Waals surface area contributed by atoms with Gasteiger partial charge in [-0.25, -0.2) is 0 Å². The first-order valence-corrected chi connectivity index (χ1v) is 13.2. The van der Waals surface area contributed by atoms with Crippen molar-refractivity contribution in [2.45, 2.75) is 58.5 Å². The minimum absolute atomic E-state index is 0.235. The second kappa shape index (κ2) is 15.0. The molecule has 4 amide bonds. The van der Waals surface area contributed by atoms with E-state index < -0.39 is 73.6 Å².